The highest BCUT2D eigenvalue weighted by Gasteiger charge is 2.22. The molecule has 8 heteroatoms. The minimum absolute atomic E-state index is 0.0980. The highest BCUT2D eigenvalue weighted by Crippen LogP contribution is 2.20. The van der Waals surface area contributed by atoms with Crippen molar-refractivity contribution < 1.29 is 9.53 Å². The Morgan fingerprint density at radius 2 is 1.75 bits per heavy atom. The number of amides is 1. The Bertz CT molecular complexity index is 1040. The van der Waals surface area contributed by atoms with Gasteiger partial charge < -0.3 is 14.5 Å². The molecule has 1 amide bonds. The quantitative estimate of drug-likeness (QED) is 0.677. The van der Waals surface area contributed by atoms with Crippen molar-refractivity contribution in [2.45, 2.75) is 6.54 Å². The van der Waals surface area contributed by atoms with E-state index >= 15 is 0 Å². The molecule has 2 aromatic carbocycles. The first-order valence-corrected chi connectivity index (χ1v) is 9.15. The minimum atomic E-state index is -0.296. The summed E-state index contributed by atoms with van der Waals surface area (Å²) in [6, 6.07) is 14.9. The maximum Gasteiger partial charge on any atom is 0.278 e. The molecule has 4 rings (SSSR count). The van der Waals surface area contributed by atoms with Crippen LogP contribution in [0.1, 0.15) is 0 Å². The molecule has 1 saturated heterocycles. The van der Waals surface area contributed by atoms with Gasteiger partial charge in [-0.25, -0.2) is 4.68 Å². The number of hydrogen-bond donors (Lipinski definition) is 0. The number of piperazine rings is 1. The van der Waals surface area contributed by atoms with Crippen molar-refractivity contribution in [3.63, 3.8) is 0 Å². The summed E-state index contributed by atoms with van der Waals surface area (Å²) in [4.78, 5) is 29.1. The number of hydrogen-bond acceptors (Lipinski definition) is 6. The Morgan fingerprint density at radius 3 is 2.46 bits per heavy atom. The van der Waals surface area contributed by atoms with Gasteiger partial charge in [0.2, 0.25) is 5.91 Å². The SMILES string of the molecule is COc1ccc(N2CCN(C(=O)Cn3nnc4ccccc4c3=O)CC2)cc1. The van der Waals surface area contributed by atoms with Crippen molar-refractivity contribution in [3.05, 3.63) is 58.9 Å². The molecule has 144 valence electrons. The Kier molecular flexibility index (Phi) is 4.92. The topological polar surface area (TPSA) is 80.6 Å². The first-order valence-electron chi connectivity index (χ1n) is 9.15. The summed E-state index contributed by atoms with van der Waals surface area (Å²) in [5, 5.41) is 8.40. The number of methoxy groups -OCH3 is 1. The van der Waals surface area contributed by atoms with E-state index in [0.717, 1.165) is 29.2 Å². The molecule has 1 aromatic heterocycles. The van der Waals surface area contributed by atoms with Crippen molar-refractivity contribution in [2.75, 3.05) is 38.2 Å². The molecule has 0 spiro atoms. The van der Waals surface area contributed by atoms with Gasteiger partial charge in [-0.05, 0) is 36.4 Å². The molecule has 0 saturated carbocycles. The third kappa shape index (κ3) is 3.53. The Morgan fingerprint density at radius 1 is 1.04 bits per heavy atom. The lowest BCUT2D eigenvalue weighted by atomic mass is 10.2. The van der Waals surface area contributed by atoms with E-state index in [1.54, 1.807) is 36.3 Å². The molecule has 0 aliphatic carbocycles. The summed E-state index contributed by atoms with van der Waals surface area (Å²) < 4.78 is 6.33. The number of nitrogens with zero attached hydrogens (tertiary/aromatic N) is 5. The van der Waals surface area contributed by atoms with E-state index in [1.165, 1.54) is 0 Å². The Labute approximate surface area is 161 Å². The Hall–Kier alpha value is -3.42. The van der Waals surface area contributed by atoms with Gasteiger partial charge in [0.1, 0.15) is 17.8 Å². The summed E-state index contributed by atoms with van der Waals surface area (Å²) in [7, 11) is 1.64. The van der Waals surface area contributed by atoms with Crippen molar-refractivity contribution >= 4 is 22.5 Å². The summed E-state index contributed by atoms with van der Waals surface area (Å²) in [6.07, 6.45) is 0. The molecule has 0 N–H and O–H groups in total. The van der Waals surface area contributed by atoms with Gasteiger partial charge >= 0.3 is 0 Å². The molecule has 1 aliphatic heterocycles. The van der Waals surface area contributed by atoms with E-state index in [0.29, 0.717) is 24.0 Å². The second kappa shape index (κ2) is 7.67. The molecule has 3 aromatic rings. The monoisotopic (exact) mass is 379 g/mol. The molecule has 2 heterocycles. The van der Waals surface area contributed by atoms with Gasteiger partial charge in [0.25, 0.3) is 5.56 Å². The van der Waals surface area contributed by atoms with Crippen LogP contribution < -0.4 is 15.2 Å². The van der Waals surface area contributed by atoms with Crippen molar-refractivity contribution in [1.29, 1.82) is 0 Å². The first-order chi connectivity index (χ1) is 13.7. The highest BCUT2D eigenvalue weighted by molar-refractivity contribution is 5.78. The minimum Gasteiger partial charge on any atom is -0.497 e. The number of carbonyl (C=O) groups excluding carboxylic acids is 1. The average molecular weight is 379 g/mol. The average Bonchev–Trinajstić information content (AvgIpc) is 2.76. The zero-order valence-electron chi connectivity index (χ0n) is 15.6. The fourth-order valence-corrected chi connectivity index (χ4v) is 3.36. The van der Waals surface area contributed by atoms with Gasteiger partial charge in [-0.15, -0.1) is 5.10 Å². The predicted molar refractivity (Wildman–Crippen MR) is 106 cm³/mol. The third-order valence-electron chi connectivity index (χ3n) is 4.98. The molecule has 0 radical (unpaired) electrons. The van der Waals surface area contributed by atoms with E-state index in [1.807, 2.05) is 24.3 Å². The van der Waals surface area contributed by atoms with Crippen molar-refractivity contribution in [2.24, 2.45) is 0 Å². The van der Waals surface area contributed by atoms with Gasteiger partial charge in [-0.1, -0.05) is 17.3 Å². The molecule has 1 fully saturated rings. The van der Waals surface area contributed by atoms with Crippen LogP contribution in [0.3, 0.4) is 0 Å². The van der Waals surface area contributed by atoms with Gasteiger partial charge in [-0.2, -0.15) is 0 Å². The van der Waals surface area contributed by atoms with E-state index in [-0.39, 0.29) is 18.0 Å². The van der Waals surface area contributed by atoms with Crippen LogP contribution in [0.4, 0.5) is 5.69 Å². The van der Waals surface area contributed by atoms with Gasteiger partial charge in [0, 0.05) is 31.9 Å². The Balaban J connectivity index is 1.40. The maximum atomic E-state index is 12.6. The van der Waals surface area contributed by atoms with Crippen molar-refractivity contribution in [3.8, 4) is 5.75 Å². The zero-order chi connectivity index (χ0) is 19.5. The number of ether oxygens (including phenoxy) is 1. The highest BCUT2D eigenvalue weighted by atomic mass is 16.5. The zero-order valence-corrected chi connectivity index (χ0v) is 15.6. The number of fused-ring (bicyclic) bond motifs is 1. The largest absolute Gasteiger partial charge is 0.497 e. The standard InChI is InChI=1S/C20H21N5O3/c1-28-16-8-6-15(7-9-16)23-10-12-24(13-11-23)19(26)14-25-20(27)17-4-2-3-5-18(17)21-22-25/h2-9H,10-14H2,1H3. The van der Waals surface area contributed by atoms with Gasteiger partial charge in [0.05, 0.1) is 12.5 Å². The lowest BCUT2D eigenvalue weighted by Crippen LogP contribution is -2.50. The molecule has 8 nitrogen and oxygen atoms in total. The summed E-state index contributed by atoms with van der Waals surface area (Å²) in [5.41, 5.74) is 1.34. The van der Waals surface area contributed by atoms with E-state index in [4.69, 9.17) is 4.74 Å². The summed E-state index contributed by atoms with van der Waals surface area (Å²) in [5.74, 6) is 0.695. The second-order valence-electron chi connectivity index (χ2n) is 6.64. The van der Waals surface area contributed by atoms with Crippen LogP contribution in [0, 0.1) is 0 Å². The smallest absolute Gasteiger partial charge is 0.278 e. The van der Waals surface area contributed by atoms with Crippen molar-refractivity contribution in [1.82, 2.24) is 19.9 Å². The second-order valence-corrected chi connectivity index (χ2v) is 6.64. The molecular formula is C20H21N5O3. The van der Waals surface area contributed by atoms with E-state index < -0.39 is 0 Å². The van der Waals surface area contributed by atoms with Crippen LogP contribution in [0.5, 0.6) is 5.75 Å². The molecule has 0 atom stereocenters. The van der Waals surface area contributed by atoms with Gasteiger partial charge in [-0.3, -0.25) is 9.59 Å². The fraction of sp³-hybridized carbons (Fsp3) is 0.300. The molecular weight excluding hydrogens is 358 g/mol. The van der Waals surface area contributed by atoms with Crippen LogP contribution in [-0.2, 0) is 11.3 Å². The number of rotatable bonds is 4. The van der Waals surface area contributed by atoms with Crippen LogP contribution in [0.2, 0.25) is 0 Å². The molecule has 0 bridgehead atoms. The summed E-state index contributed by atoms with van der Waals surface area (Å²) in [6.45, 7) is 2.56. The fourth-order valence-electron chi connectivity index (χ4n) is 3.36. The number of anilines is 1. The van der Waals surface area contributed by atoms with Crippen LogP contribution in [-0.4, -0.2) is 59.1 Å². The van der Waals surface area contributed by atoms with Crippen LogP contribution in [0.15, 0.2) is 53.3 Å². The molecule has 1 aliphatic rings. The van der Waals surface area contributed by atoms with Crippen LogP contribution >= 0.6 is 0 Å². The molecule has 28 heavy (non-hydrogen) atoms. The number of carbonyl (C=O) groups is 1. The third-order valence-corrected chi connectivity index (χ3v) is 4.98. The number of aromatic nitrogens is 3. The summed E-state index contributed by atoms with van der Waals surface area (Å²) >= 11 is 0. The van der Waals surface area contributed by atoms with E-state index in [9.17, 15) is 9.59 Å². The lowest BCUT2D eigenvalue weighted by Gasteiger charge is -2.36. The van der Waals surface area contributed by atoms with Gasteiger partial charge in [0.15, 0.2) is 0 Å². The maximum absolute atomic E-state index is 12.6. The lowest BCUT2D eigenvalue weighted by molar-refractivity contribution is -0.132. The van der Waals surface area contributed by atoms with Crippen LogP contribution in [0.25, 0.3) is 10.9 Å². The predicted octanol–water partition coefficient (Wildman–Crippen LogP) is 1.15. The normalized spacial score (nSPS) is 14.3. The first kappa shape index (κ1) is 18.0. The van der Waals surface area contributed by atoms with E-state index in [2.05, 4.69) is 15.2 Å². The molecule has 0 unspecified atom stereocenters. The number of benzene rings is 2.